The van der Waals surface area contributed by atoms with Crippen molar-refractivity contribution < 1.29 is 4.52 Å². The summed E-state index contributed by atoms with van der Waals surface area (Å²) in [5, 5.41) is 5.18. The molecule has 0 saturated carbocycles. The molecular formula is C13H18N2O. The van der Waals surface area contributed by atoms with Crippen LogP contribution in [-0.4, -0.2) is 5.16 Å². The summed E-state index contributed by atoms with van der Waals surface area (Å²) in [6.07, 6.45) is 0. The zero-order valence-electron chi connectivity index (χ0n) is 10.2. The highest BCUT2D eigenvalue weighted by Gasteiger charge is 2.22. The normalized spacial score (nSPS) is 14.3. The maximum Gasteiger partial charge on any atom is 0.149 e. The highest BCUT2D eigenvalue weighted by atomic mass is 16.5. The van der Waals surface area contributed by atoms with E-state index in [9.17, 15) is 0 Å². The molecule has 1 heterocycles. The highest BCUT2D eigenvalue weighted by molar-refractivity contribution is 5.82. The van der Waals surface area contributed by atoms with Crippen molar-refractivity contribution in [3.63, 3.8) is 0 Å². The predicted octanol–water partition coefficient (Wildman–Crippen LogP) is 3.15. The van der Waals surface area contributed by atoms with Crippen LogP contribution >= 0.6 is 0 Å². The van der Waals surface area contributed by atoms with Crippen molar-refractivity contribution >= 4 is 10.9 Å². The Morgan fingerprint density at radius 2 is 2.00 bits per heavy atom. The fourth-order valence-electron chi connectivity index (χ4n) is 1.78. The first-order valence-corrected chi connectivity index (χ1v) is 5.55. The second kappa shape index (κ2) is 3.59. The predicted molar refractivity (Wildman–Crippen MR) is 65.3 cm³/mol. The Balaban J connectivity index is 2.59. The number of rotatable bonds is 1. The van der Waals surface area contributed by atoms with Gasteiger partial charge in [0.05, 0.1) is 0 Å². The molecule has 1 atom stereocenters. The summed E-state index contributed by atoms with van der Waals surface area (Å²) >= 11 is 0. The lowest BCUT2D eigenvalue weighted by Crippen LogP contribution is -2.10. The van der Waals surface area contributed by atoms with E-state index in [-0.39, 0.29) is 11.5 Å². The molecule has 2 aromatic rings. The molecule has 0 saturated heterocycles. The van der Waals surface area contributed by atoms with E-state index in [1.165, 1.54) is 0 Å². The van der Waals surface area contributed by atoms with Gasteiger partial charge in [-0.1, -0.05) is 32.0 Å². The monoisotopic (exact) mass is 218 g/mol. The molecule has 2 rings (SSSR count). The molecule has 0 bridgehead atoms. The number of aromatic nitrogens is 1. The molecule has 1 aromatic heterocycles. The molecular weight excluding hydrogens is 200 g/mol. The topological polar surface area (TPSA) is 52.0 Å². The maximum absolute atomic E-state index is 5.84. The summed E-state index contributed by atoms with van der Waals surface area (Å²) in [6.45, 7) is 8.32. The zero-order chi connectivity index (χ0) is 11.9. The Labute approximate surface area is 95.6 Å². The third-order valence-electron chi connectivity index (χ3n) is 2.71. The third kappa shape index (κ3) is 1.83. The van der Waals surface area contributed by atoms with Crippen LogP contribution in [0.25, 0.3) is 10.9 Å². The van der Waals surface area contributed by atoms with Gasteiger partial charge in [0.1, 0.15) is 11.3 Å². The Bertz CT molecular complexity index is 506. The first kappa shape index (κ1) is 11.1. The average molecular weight is 218 g/mol. The number of hydrogen-bond acceptors (Lipinski definition) is 3. The minimum absolute atomic E-state index is 0.0232. The second-order valence-corrected chi connectivity index (χ2v) is 5.33. The van der Waals surface area contributed by atoms with Crippen molar-refractivity contribution in [2.24, 2.45) is 5.73 Å². The lowest BCUT2D eigenvalue weighted by Gasteiger charge is -2.14. The number of hydrogen-bond donors (Lipinski definition) is 1. The summed E-state index contributed by atoms with van der Waals surface area (Å²) < 4.78 is 5.42. The second-order valence-electron chi connectivity index (χ2n) is 5.33. The number of nitrogens with two attached hydrogens (primary N) is 1. The first-order valence-electron chi connectivity index (χ1n) is 5.55. The molecule has 1 aromatic carbocycles. The quantitative estimate of drug-likeness (QED) is 0.800. The van der Waals surface area contributed by atoms with Gasteiger partial charge in [-0.25, -0.2) is 0 Å². The molecule has 0 aliphatic heterocycles. The smallest absolute Gasteiger partial charge is 0.149 e. The molecule has 0 spiro atoms. The minimum atomic E-state index is -0.0232. The highest BCUT2D eigenvalue weighted by Crippen LogP contribution is 2.30. The standard InChI is InChI=1S/C13H18N2O/c1-8(14)9-5-6-10-11(7-9)15-16-12(10)13(2,3)4/h5-8H,14H2,1-4H3. The van der Waals surface area contributed by atoms with E-state index in [0.717, 1.165) is 22.2 Å². The van der Waals surface area contributed by atoms with Crippen molar-refractivity contribution in [2.75, 3.05) is 0 Å². The van der Waals surface area contributed by atoms with E-state index in [2.05, 4.69) is 25.9 Å². The largest absolute Gasteiger partial charge is 0.360 e. The van der Waals surface area contributed by atoms with Crippen LogP contribution in [0.5, 0.6) is 0 Å². The lowest BCUT2D eigenvalue weighted by molar-refractivity contribution is 0.336. The van der Waals surface area contributed by atoms with Gasteiger partial charge in [0.2, 0.25) is 0 Å². The average Bonchev–Trinajstić information content (AvgIpc) is 2.58. The van der Waals surface area contributed by atoms with Gasteiger partial charge >= 0.3 is 0 Å². The molecule has 0 aliphatic carbocycles. The van der Waals surface area contributed by atoms with Crippen LogP contribution in [-0.2, 0) is 5.41 Å². The van der Waals surface area contributed by atoms with Crippen molar-refractivity contribution in [1.29, 1.82) is 0 Å². The van der Waals surface area contributed by atoms with E-state index in [4.69, 9.17) is 10.3 Å². The maximum atomic E-state index is 5.84. The molecule has 0 fully saturated rings. The summed E-state index contributed by atoms with van der Waals surface area (Å²) in [4.78, 5) is 0. The van der Waals surface area contributed by atoms with E-state index in [1.54, 1.807) is 0 Å². The molecule has 1 unspecified atom stereocenters. The van der Waals surface area contributed by atoms with Gasteiger partial charge < -0.3 is 10.3 Å². The fourth-order valence-corrected chi connectivity index (χ4v) is 1.78. The molecule has 2 N–H and O–H groups in total. The molecule has 0 radical (unpaired) electrons. The van der Waals surface area contributed by atoms with Crippen molar-refractivity contribution in [1.82, 2.24) is 5.16 Å². The van der Waals surface area contributed by atoms with Gasteiger partial charge in [-0.3, -0.25) is 0 Å². The fraction of sp³-hybridized carbons (Fsp3) is 0.462. The molecule has 0 amide bonds. The third-order valence-corrected chi connectivity index (χ3v) is 2.71. The molecule has 86 valence electrons. The van der Waals surface area contributed by atoms with Gasteiger partial charge in [0.15, 0.2) is 0 Å². The zero-order valence-corrected chi connectivity index (χ0v) is 10.2. The molecule has 3 heteroatoms. The summed E-state index contributed by atoms with van der Waals surface area (Å²) in [5.41, 5.74) is 7.79. The number of nitrogens with zero attached hydrogens (tertiary/aromatic N) is 1. The van der Waals surface area contributed by atoms with E-state index < -0.39 is 0 Å². The molecule has 16 heavy (non-hydrogen) atoms. The van der Waals surface area contributed by atoms with Crippen LogP contribution < -0.4 is 5.73 Å². The van der Waals surface area contributed by atoms with Crippen molar-refractivity contribution in [2.45, 2.75) is 39.2 Å². The van der Waals surface area contributed by atoms with Crippen LogP contribution in [0.3, 0.4) is 0 Å². The van der Waals surface area contributed by atoms with Gasteiger partial charge in [-0.15, -0.1) is 0 Å². The SMILES string of the molecule is CC(N)c1ccc2c(C(C)(C)C)onc2c1. The van der Waals surface area contributed by atoms with Gasteiger partial charge in [0, 0.05) is 16.8 Å². The van der Waals surface area contributed by atoms with E-state index in [0.29, 0.717) is 0 Å². The van der Waals surface area contributed by atoms with E-state index >= 15 is 0 Å². The van der Waals surface area contributed by atoms with Crippen LogP contribution in [0.4, 0.5) is 0 Å². The van der Waals surface area contributed by atoms with Crippen molar-refractivity contribution in [3.05, 3.63) is 29.5 Å². The summed E-state index contributed by atoms with van der Waals surface area (Å²) in [5.74, 6) is 0.929. The lowest BCUT2D eigenvalue weighted by atomic mass is 9.90. The van der Waals surface area contributed by atoms with Crippen LogP contribution in [0.2, 0.25) is 0 Å². The first-order chi connectivity index (χ1) is 7.39. The van der Waals surface area contributed by atoms with Crippen LogP contribution in [0.1, 0.15) is 45.1 Å². The molecule has 0 aliphatic rings. The van der Waals surface area contributed by atoms with Crippen molar-refractivity contribution in [3.8, 4) is 0 Å². The molecule has 3 nitrogen and oxygen atoms in total. The summed E-state index contributed by atoms with van der Waals surface area (Å²) in [6, 6.07) is 6.11. The van der Waals surface area contributed by atoms with E-state index in [1.807, 2.05) is 25.1 Å². The van der Waals surface area contributed by atoms with Crippen LogP contribution in [0.15, 0.2) is 22.7 Å². The summed E-state index contributed by atoms with van der Waals surface area (Å²) in [7, 11) is 0. The minimum Gasteiger partial charge on any atom is -0.360 e. The Morgan fingerprint density at radius 1 is 1.31 bits per heavy atom. The van der Waals surface area contributed by atoms with Gasteiger partial charge in [-0.05, 0) is 24.6 Å². The van der Waals surface area contributed by atoms with Crippen LogP contribution in [0, 0.1) is 0 Å². The Morgan fingerprint density at radius 3 is 2.56 bits per heavy atom. The van der Waals surface area contributed by atoms with Gasteiger partial charge in [0.25, 0.3) is 0 Å². The Kier molecular flexibility index (Phi) is 2.50. The number of benzene rings is 1. The number of fused-ring (bicyclic) bond motifs is 1. The van der Waals surface area contributed by atoms with Gasteiger partial charge in [-0.2, -0.15) is 0 Å². The Hall–Kier alpha value is -1.35.